The average Bonchev–Trinajstić information content (AvgIpc) is 2.73. The molecule has 2 atom stereocenters. The Morgan fingerprint density at radius 2 is 2.10 bits per heavy atom. The first-order chi connectivity index (χ1) is 9.97. The molecule has 2 N–H and O–H groups in total. The summed E-state index contributed by atoms with van der Waals surface area (Å²) in [5, 5.41) is 6.01. The third-order valence-electron chi connectivity index (χ3n) is 3.99. The van der Waals surface area contributed by atoms with Gasteiger partial charge in [-0.2, -0.15) is 0 Å². The van der Waals surface area contributed by atoms with E-state index in [9.17, 15) is 4.79 Å². The molecule has 0 saturated carbocycles. The molecule has 116 valence electrons. The second-order valence-corrected chi connectivity index (χ2v) is 5.88. The minimum atomic E-state index is -0.233. The van der Waals surface area contributed by atoms with Crippen LogP contribution in [-0.4, -0.2) is 51.1 Å². The van der Waals surface area contributed by atoms with Crippen LogP contribution in [0.3, 0.4) is 0 Å². The molecule has 1 aromatic rings. The Hall–Kier alpha value is -1.59. The molecule has 0 spiro atoms. The lowest BCUT2D eigenvalue weighted by Crippen LogP contribution is -2.40. The lowest BCUT2D eigenvalue weighted by atomic mass is 10.1. The molecule has 1 aromatic carbocycles. The highest BCUT2D eigenvalue weighted by Crippen LogP contribution is 2.34. The first-order valence-corrected chi connectivity index (χ1v) is 7.51. The second kappa shape index (κ2) is 6.45. The minimum absolute atomic E-state index is 0.0223. The zero-order chi connectivity index (χ0) is 15.6. The summed E-state index contributed by atoms with van der Waals surface area (Å²) in [6.45, 7) is 6.33. The number of nitrogens with zero attached hydrogens (tertiary/aromatic N) is 2. The Kier molecular flexibility index (Phi) is 4.85. The zero-order valence-corrected chi connectivity index (χ0v) is 13.6. The Bertz CT molecular complexity index is 515. The molecule has 2 unspecified atom stereocenters. The van der Waals surface area contributed by atoms with Gasteiger partial charge < -0.3 is 20.4 Å². The SMILES string of the molecule is CCN(c1ccc2c(c1)NC(=O)C2NC)C(C)CN(C)C. The number of hydrogen-bond acceptors (Lipinski definition) is 4. The van der Waals surface area contributed by atoms with Gasteiger partial charge in [0, 0.05) is 36.1 Å². The Morgan fingerprint density at radius 1 is 1.38 bits per heavy atom. The van der Waals surface area contributed by atoms with Crippen molar-refractivity contribution in [3.8, 4) is 0 Å². The molecule has 1 heterocycles. The first-order valence-electron chi connectivity index (χ1n) is 7.51. The van der Waals surface area contributed by atoms with Crippen molar-refractivity contribution in [3.05, 3.63) is 23.8 Å². The number of amides is 1. The van der Waals surface area contributed by atoms with Crippen LogP contribution in [-0.2, 0) is 4.79 Å². The summed E-state index contributed by atoms with van der Waals surface area (Å²) < 4.78 is 0. The smallest absolute Gasteiger partial charge is 0.246 e. The number of carbonyl (C=O) groups excluding carboxylic acids is 1. The van der Waals surface area contributed by atoms with Crippen molar-refractivity contribution in [2.24, 2.45) is 0 Å². The fourth-order valence-corrected chi connectivity index (χ4v) is 3.09. The molecule has 5 nitrogen and oxygen atoms in total. The summed E-state index contributed by atoms with van der Waals surface area (Å²) in [7, 11) is 5.99. The lowest BCUT2D eigenvalue weighted by Gasteiger charge is -2.32. The van der Waals surface area contributed by atoms with Crippen molar-refractivity contribution >= 4 is 17.3 Å². The van der Waals surface area contributed by atoms with Crippen LogP contribution < -0.4 is 15.5 Å². The van der Waals surface area contributed by atoms with E-state index in [0.29, 0.717) is 6.04 Å². The average molecular weight is 290 g/mol. The highest BCUT2D eigenvalue weighted by molar-refractivity contribution is 6.03. The van der Waals surface area contributed by atoms with E-state index in [1.165, 1.54) is 0 Å². The summed E-state index contributed by atoms with van der Waals surface area (Å²) >= 11 is 0. The molecule has 5 heteroatoms. The van der Waals surface area contributed by atoms with E-state index in [4.69, 9.17) is 0 Å². The van der Waals surface area contributed by atoms with Crippen LogP contribution in [0.15, 0.2) is 18.2 Å². The third-order valence-corrected chi connectivity index (χ3v) is 3.99. The summed E-state index contributed by atoms with van der Waals surface area (Å²) in [5.74, 6) is 0.0223. The lowest BCUT2D eigenvalue weighted by molar-refractivity contribution is -0.117. The van der Waals surface area contributed by atoms with Gasteiger partial charge >= 0.3 is 0 Å². The maximum atomic E-state index is 11.9. The Balaban J connectivity index is 2.25. The number of benzene rings is 1. The van der Waals surface area contributed by atoms with Crippen LogP contribution in [0.25, 0.3) is 0 Å². The highest BCUT2D eigenvalue weighted by Gasteiger charge is 2.29. The number of hydrogen-bond donors (Lipinski definition) is 2. The van der Waals surface area contributed by atoms with E-state index in [2.05, 4.69) is 66.6 Å². The fourth-order valence-electron chi connectivity index (χ4n) is 3.09. The Labute approximate surface area is 127 Å². The molecule has 21 heavy (non-hydrogen) atoms. The van der Waals surface area contributed by atoms with Crippen molar-refractivity contribution in [1.29, 1.82) is 0 Å². The fraction of sp³-hybridized carbons (Fsp3) is 0.562. The first kappa shape index (κ1) is 15.8. The van der Waals surface area contributed by atoms with E-state index in [1.807, 2.05) is 7.05 Å². The van der Waals surface area contributed by atoms with Crippen LogP contribution in [0, 0.1) is 0 Å². The van der Waals surface area contributed by atoms with Crippen LogP contribution in [0.2, 0.25) is 0 Å². The van der Waals surface area contributed by atoms with Gasteiger partial charge in [0.2, 0.25) is 5.91 Å². The summed E-state index contributed by atoms with van der Waals surface area (Å²) in [5.41, 5.74) is 3.11. The molecule has 0 aromatic heterocycles. The summed E-state index contributed by atoms with van der Waals surface area (Å²) in [6, 6.07) is 6.43. The molecule has 1 amide bonds. The predicted octanol–water partition coefficient (Wildman–Crippen LogP) is 1.68. The molecular formula is C16H26N4O. The number of likely N-dealkylation sites (N-methyl/N-ethyl adjacent to an activating group) is 3. The van der Waals surface area contributed by atoms with Crippen molar-refractivity contribution in [1.82, 2.24) is 10.2 Å². The number of fused-ring (bicyclic) bond motifs is 1. The maximum Gasteiger partial charge on any atom is 0.246 e. The predicted molar refractivity (Wildman–Crippen MR) is 87.9 cm³/mol. The van der Waals surface area contributed by atoms with Crippen molar-refractivity contribution in [2.75, 3.05) is 44.4 Å². The highest BCUT2D eigenvalue weighted by atomic mass is 16.2. The monoisotopic (exact) mass is 290 g/mol. The Morgan fingerprint density at radius 3 is 2.67 bits per heavy atom. The number of carbonyl (C=O) groups is 1. The van der Waals surface area contributed by atoms with Gasteiger partial charge in [0.1, 0.15) is 6.04 Å². The number of nitrogens with one attached hydrogen (secondary N) is 2. The molecule has 0 saturated heterocycles. The molecule has 0 fully saturated rings. The van der Waals surface area contributed by atoms with Gasteiger partial charge in [-0.1, -0.05) is 6.07 Å². The van der Waals surface area contributed by atoms with Gasteiger partial charge in [0.05, 0.1) is 0 Å². The second-order valence-electron chi connectivity index (χ2n) is 5.88. The van der Waals surface area contributed by atoms with Crippen molar-refractivity contribution in [2.45, 2.75) is 25.9 Å². The molecule has 0 aliphatic carbocycles. The van der Waals surface area contributed by atoms with Gasteiger partial charge in [-0.15, -0.1) is 0 Å². The molecular weight excluding hydrogens is 264 g/mol. The largest absolute Gasteiger partial charge is 0.368 e. The van der Waals surface area contributed by atoms with E-state index in [0.717, 1.165) is 30.0 Å². The van der Waals surface area contributed by atoms with Crippen LogP contribution >= 0.6 is 0 Å². The molecule has 0 radical (unpaired) electrons. The van der Waals surface area contributed by atoms with Crippen LogP contribution in [0.1, 0.15) is 25.5 Å². The minimum Gasteiger partial charge on any atom is -0.368 e. The molecule has 0 bridgehead atoms. The standard InChI is InChI=1S/C16H26N4O/c1-6-20(11(2)10-19(4)5)12-7-8-13-14(9-12)18-16(21)15(13)17-3/h7-9,11,15,17H,6,10H2,1-5H3,(H,18,21). The van der Waals surface area contributed by atoms with Crippen LogP contribution in [0.5, 0.6) is 0 Å². The molecule has 1 aliphatic heterocycles. The van der Waals surface area contributed by atoms with E-state index < -0.39 is 0 Å². The van der Waals surface area contributed by atoms with Gasteiger partial charge in [-0.05, 0) is 47.1 Å². The van der Waals surface area contributed by atoms with Gasteiger partial charge in [-0.3, -0.25) is 4.79 Å². The summed E-state index contributed by atoms with van der Waals surface area (Å²) in [4.78, 5) is 16.5. The van der Waals surface area contributed by atoms with E-state index in [1.54, 1.807) is 0 Å². The number of anilines is 2. The van der Waals surface area contributed by atoms with Crippen molar-refractivity contribution < 1.29 is 4.79 Å². The van der Waals surface area contributed by atoms with Crippen LogP contribution in [0.4, 0.5) is 11.4 Å². The van der Waals surface area contributed by atoms with E-state index in [-0.39, 0.29) is 11.9 Å². The van der Waals surface area contributed by atoms with Gasteiger partial charge in [0.15, 0.2) is 0 Å². The normalized spacial score (nSPS) is 18.6. The summed E-state index contributed by atoms with van der Waals surface area (Å²) in [6.07, 6.45) is 0. The van der Waals surface area contributed by atoms with Gasteiger partial charge in [0.25, 0.3) is 0 Å². The van der Waals surface area contributed by atoms with Gasteiger partial charge in [-0.25, -0.2) is 0 Å². The topological polar surface area (TPSA) is 47.6 Å². The molecule has 2 rings (SSSR count). The third kappa shape index (κ3) is 3.19. The maximum absolute atomic E-state index is 11.9. The zero-order valence-electron chi connectivity index (χ0n) is 13.6. The van der Waals surface area contributed by atoms with E-state index >= 15 is 0 Å². The molecule has 1 aliphatic rings. The van der Waals surface area contributed by atoms with Crippen molar-refractivity contribution in [3.63, 3.8) is 0 Å². The quantitative estimate of drug-likeness (QED) is 0.837. The number of rotatable bonds is 6.